The van der Waals surface area contributed by atoms with Gasteiger partial charge in [-0.15, -0.1) is 0 Å². The molecule has 1 aromatic carbocycles. The highest BCUT2D eigenvalue weighted by Gasteiger charge is 2.17. The Balaban J connectivity index is 2.52. The van der Waals surface area contributed by atoms with Crippen LogP contribution in [0.3, 0.4) is 0 Å². The quantitative estimate of drug-likeness (QED) is 0.827. The van der Waals surface area contributed by atoms with Gasteiger partial charge in [0.2, 0.25) is 5.88 Å². The molecular formula is C10H6F4N2O. The Bertz CT molecular complexity index is 553. The second-order valence-corrected chi connectivity index (χ2v) is 3.24. The van der Waals surface area contributed by atoms with E-state index in [9.17, 15) is 22.7 Å². The fourth-order valence-corrected chi connectivity index (χ4v) is 1.33. The SMILES string of the molecule is Oc1cc(C(F)F)nn1-c1ccc(F)cc1F. The van der Waals surface area contributed by atoms with Crippen molar-refractivity contribution in [3.63, 3.8) is 0 Å². The van der Waals surface area contributed by atoms with Gasteiger partial charge in [0, 0.05) is 12.1 Å². The molecule has 0 unspecified atom stereocenters. The molecule has 0 atom stereocenters. The van der Waals surface area contributed by atoms with Crippen molar-refractivity contribution in [1.82, 2.24) is 9.78 Å². The highest BCUT2D eigenvalue weighted by molar-refractivity contribution is 5.37. The Hall–Kier alpha value is -2.05. The Labute approximate surface area is 92.9 Å². The van der Waals surface area contributed by atoms with E-state index in [1.807, 2.05) is 0 Å². The van der Waals surface area contributed by atoms with Gasteiger partial charge in [-0.1, -0.05) is 0 Å². The second kappa shape index (κ2) is 4.08. The third kappa shape index (κ3) is 2.08. The highest BCUT2D eigenvalue weighted by atomic mass is 19.3. The van der Waals surface area contributed by atoms with Crippen LogP contribution in [-0.4, -0.2) is 14.9 Å². The van der Waals surface area contributed by atoms with Crippen LogP contribution in [0.2, 0.25) is 0 Å². The fourth-order valence-electron chi connectivity index (χ4n) is 1.33. The van der Waals surface area contributed by atoms with Gasteiger partial charge >= 0.3 is 0 Å². The molecule has 1 heterocycles. The molecule has 0 saturated carbocycles. The zero-order chi connectivity index (χ0) is 12.6. The molecule has 0 aliphatic heterocycles. The molecule has 17 heavy (non-hydrogen) atoms. The van der Waals surface area contributed by atoms with Gasteiger partial charge in [-0.3, -0.25) is 0 Å². The smallest absolute Gasteiger partial charge is 0.282 e. The number of alkyl halides is 2. The fraction of sp³-hybridized carbons (Fsp3) is 0.100. The summed E-state index contributed by atoms with van der Waals surface area (Å²) in [6.45, 7) is 0. The van der Waals surface area contributed by atoms with Crippen molar-refractivity contribution in [2.45, 2.75) is 6.43 Å². The summed E-state index contributed by atoms with van der Waals surface area (Å²) in [4.78, 5) is 0. The van der Waals surface area contributed by atoms with Crippen LogP contribution < -0.4 is 0 Å². The van der Waals surface area contributed by atoms with E-state index in [2.05, 4.69) is 5.10 Å². The van der Waals surface area contributed by atoms with Gasteiger partial charge in [-0.05, 0) is 12.1 Å². The largest absolute Gasteiger partial charge is 0.493 e. The van der Waals surface area contributed by atoms with Crippen LogP contribution in [-0.2, 0) is 0 Å². The number of rotatable bonds is 2. The maximum absolute atomic E-state index is 13.3. The average molecular weight is 246 g/mol. The molecule has 90 valence electrons. The van der Waals surface area contributed by atoms with Crippen molar-refractivity contribution in [1.29, 1.82) is 0 Å². The van der Waals surface area contributed by atoms with Gasteiger partial charge in [0.25, 0.3) is 6.43 Å². The summed E-state index contributed by atoms with van der Waals surface area (Å²) >= 11 is 0. The lowest BCUT2D eigenvalue weighted by Crippen LogP contribution is -2.00. The maximum Gasteiger partial charge on any atom is 0.282 e. The molecule has 1 aromatic heterocycles. The topological polar surface area (TPSA) is 38.1 Å². The van der Waals surface area contributed by atoms with Crippen LogP contribution in [0.15, 0.2) is 24.3 Å². The van der Waals surface area contributed by atoms with Gasteiger partial charge < -0.3 is 5.11 Å². The number of aromatic hydroxyl groups is 1. The number of halogens is 4. The first-order valence-electron chi connectivity index (χ1n) is 4.51. The lowest BCUT2D eigenvalue weighted by atomic mass is 10.3. The Morgan fingerprint density at radius 1 is 1.18 bits per heavy atom. The first-order valence-corrected chi connectivity index (χ1v) is 4.51. The number of nitrogens with zero attached hydrogens (tertiary/aromatic N) is 2. The molecule has 0 amide bonds. The molecule has 0 saturated heterocycles. The van der Waals surface area contributed by atoms with Crippen LogP contribution in [0.1, 0.15) is 12.1 Å². The minimum absolute atomic E-state index is 0.309. The molecule has 3 nitrogen and oxygen atoms in total. The number of benzene rings is 1. The summed E-state index contributed by atoms with van der Waals surface area (Å²) in [6.07, 6.45) is -2.88. The molecule has 0 aliphatic carbocycles. The minimum Gasteiger partial charge on any atom is -0.493 e. The van der Waals surface area contributed by atoms with E-state index in [1.165, 1.54) is 0 Å². The van der Waals surface area contributed by atoms with Gasteiger partial charge in [-0.25, -0.2) is 17.6 Å². The molecule has 0 bridgehead atoms. The van der Waals surface area contributed by atoms with Crippen molar-refractivity contribution < 1.29 is 22.7 Å². The van der Waals surface area contributed by atoms with Gasteiger partial charge in [0.1, 0.15) is 17.2 Å². The zero-order valence-electron chi connectivity index (χ0n) is 8.24. The summed E-state index contributed by atoms with van der Waals surface area (Å²) in [5.74, 6) is -2.47. The van der Waals surface area contributed by atoms with E-state index < -0.39 is 29.6 Å². The summed E-state index contributed by atoms with van der Waals surface area (Å²) in [5.41, 5.74) is -0.998. The van der Waals surface area contributed by atoms with E-state index in [4.69, 9.17) is 0 Å². The van der Waals surface area contributed by atoms with E-state index >= 15 is 0 Å². The van der Waals surface area contributed by atoms with Crippen LogP contribution in [0.25, 0.3) is 5.69 Å². The van der Waals surface area contributed by atoms with E-state index in [1.54, 1.807) is 0 Å². The van der Waals surface area contributed by atoms with Crippen LogP contribution >= 0.6 is 0 Å². The van der Waals surface area contributed by atoms with E-state index in [0.717, 1.165) is 12.1 Å². The lowest BCUT2D eigenvalue weighted by molar-refractivity contribution is 0.145. The van der Waals surface area contributed by atoms with Crippen LogP contribution in [0.4, 0.5) is 17.6 Å². The van der Waals surface area contributed by atoms with Crippen LogP contribution in [0.5, 0.6) is 5.88 Å². The van der Waals surface area contributed by atoms with Gasteiger partial charge in [0.05, 0.1) is 0 Å². The molecule has 0 fully saturated rings. The molecule has 2 rings (SSSR count). The third-order valence-corrected chi connectivity index (χ3v) is 2.07. The predicted molar refractivity (Wildman–Crippen MR) is 50.1 cm³/mol. The first-order chi connectivity index (χ1) is 7.99. The molecule has 0 spiro atoms. The van der Waals surface area contributed by atoms with Crippen molar-refractivity contribution >= 4 is 0 Å². The first kappa shape index (κ1) is 11.4. The molecule has 7 heteroatoms. The predicted octanol–water partition coefficient (Wildman–Crippen LogP) is 2.79. The summed E-state index contributed by atoms with van der Waals surface area (Å²) in [6, 6.07) is 3.21. The number of aromatic nitrogens is 2. The monoisotopic (exact) mass is 246 g/mol. The second-order valence-electron chi connectivity index (χ2n) is 3.24. The maximum atomic E-state index is 13.3. The van der Waals surface area contributed by atoms with Crippen molar-refractivity contribution in [2.24, 2.45) is 0 Å². The minimum atomic E-state index is -2.88. The lowest BCUT2D eigenvalue weighted by Gasteiger charge is -2.04. The Kier molecular flexibility index (Phi) is 2.74. The zero-order valence-corrected chi connectivity index (χ0v) is 8.24. The average Bonchev–Trinajstić information content (AvgIpc) is 2.61. The third-order valence-electron chi connectivity index (χ3n) is 2.07. The van der Waals surface area contributed by atoms with Crippen LogP contribution in [0, 0.1) is 11.6 Å². The molecule has 0 radical (unpaired) electrons. The molecular weight excluding hydrogens is 240 g/mol. The standard InChI is InChI=1S/C10H6F4N2O/c11-5-1-2-8(6(12)3-5)16-9(17)4-7(15-16)10(13)14/h1-4,10,17H. The van der Waals surface area contributed by atoms with E-state index in [-0.39, 0.29) is 5.69 Å². The Morgan fingerprint density at radius 3 is 2.41 bits per heavy atom. The molecule has 1 N–H and O–H groups in total. The highest BCUT2D eigenvalue weighted by Crippen LogP contribution is 2.25. The Morgan fingerprint density at radius 2 is 1.88 bits per heavy atom. The normalized spacial score (nSPS) is 11.1. The number of hydrogen-bond donors (Lipinski definition) is 1. The molecule has 0 aliphatic rings. The van der Waals surface area contributed by atoms with Gasteiger partial charge in [-0.2, -0.15) is 9.78 Å². The number of hydrogen-bond acceptors (Lipinski definition) is 2. The van der Waals surface area contributed by atoms with Crippen molar-refractivity contribution in [3.05, 3.63) is 41.6 Å². The summed E-state index contributed by atoms with van der Waals surface area (Å²) in [7, 11) is 0. The van der Waals surface area contributed by atoms with Crippen molar-refractivity contribution in [3.8, 4) is 11.6 Å². The van der Waals surface area contributed by atoms with Crippen molar-refractivity contribution in [2.75, 3.05) is 0 Å². The van der Waals surface area contributed by atoms with Gasteiger partial charge in [0.15, 0.2) is 5.82 Å². The summed E-state index contributed by atoms with van der Waals surface area (Å²) in [5, 5.41) is 12.7. The van der Waals surface area contributed by atoms with E-state index in [0.29, 0.717) is 16.8 Å². The summed E-state index contributed by atoms with van der Waals surface area (Å²) < 4.78 is 51.2. The molecule has 2 aromatic rings.